The molecule has 0 bridgehead atoms. The van der Waals surface area contributed by atoms with Crippen LogP contribution in [0.25, 0.3) is 22.1 Å². The third-order valence-corrected chi connectivity index (χ3v) is 7.87. The van der Waals surface area contributed by atoms with Crippen molar-refractivity contribution in [1.82, 2.24) is 25.1 Å². The molecule has 1 aliphatic carbocycles. The van der Waals surface area contributed by atoms with Gasteiger partial charge in [-0.15, -0.1) is 10.2 Å². The average Bonchev–Trinajstić information content (AvgIpc) is 3.19. The number of thioether (sulfide) groups is 1. The van der Waals surface area contributed by atoms with Crippen LogP contribution in [0.2, 0.25) is 0 Å². The van der Waals surface area contributed by atoms with Gasteiger partial charge in [-0.2, -0.15) is 0 Å². The highest BCUT2D eigenvalue weighted by atomic mass is 32.2. The summed E-state index contributed by atoms with van der Waals surface area (Å²) >= 11 is 1.62. The number of fused-ring (bicyclic) bond motifs is 3. The Balaban J connectivity index is 1.24. The minimum absolute atomic E-state index is 0.196. The maximum Gasteiger partial charge on any atom is 0.220 e. The van der Waals surface area contributed by atoms with Crippen LogP contribution in [0.5, 0.6) is 0 Å². The zero-order valence-corrected chi connectivity index (χ0v) is 21.2. The van der Waals surface area contributed by atoms with Gasteiger partial charge in [0.05, 0.1) is 5.52 Å². The van der Waals surface area contributed by atoms with Crippen LogP contribution in [0.15, 0.2) is 53.7 Å². The van der Waals surface area contributed by atoms with Crippen molar-refractivity contribution in [3.8, 4) is 0 Å². The highest BCUT2D eigenvalue weighted by molar-refractivity contribution is 7.99. The molecule has 35 heavy (non-hydrogen) atoms. The SMILES string of the molecule is Cc1ccccc1Cn1c2ccccc2c2nnc(SCCCCC(=O)NC3CCCCC3)nc21. The van der Waals surface area contributed by atoms with E-state index in [1.54, 1.807) is 11.8 Å². The summed E-state index contributed by atoms with van der Waals surface area (Å²) in [6.07, 6.45) is 8.49. The number of aryl methyl sites for hydroxylation is 1. The molecule has 0 spiro atoms. The molecule has 7 heteroatoms. The summed E-state index contributed by atoms with van der Waals surface area (Å²) in [6, 6.07) is 17.2. The molecule has 0 unspecified atom stereocenters. The lowest BCUT2D eigenvalue weighted by Crippen LogP contribution is -2.35. The predicted molar refractivity (Wildman–Crippen MR) is 143 cm³/mol. The number of carbonyl (C=O) groups excluding carboxylic acids is 1. The van der Waals surface area contributed by atoms with E-state index in [1.165, 1.54) is 30.4 Å². The number of hydrogen-bond donors (Lipinski definition) is 1. The van der Waals surface area contributed by atoms with Crippen LogP contribution in [0, 0.1) is 6.92 Å². The van der Waals surface area contributed by atoms with Crippen LogP contribution >= 0.6 is 11.8 Å². The minimum Gasteiger partial charge on any atom is -0.353 e. The van der Waals surface area contributed by atoms with E-state index in [0.29, 0.717) is 17.6 Å². The molecule has 1 amide bonds. The largest absolute Gasteiger partial charge is 0.353 e. The topological polar surface area (TPSA) is 72.7 Å². The molecule has 2 heterocycles. The number of nitrogens with one attached hydrogen (secondary N) is 1. The molecule has 6 nitrogen and oxygen atoms in total. The van der Waals surface area contributed by atoms with Crippen LogP contribution in [0.1, 0.15) is 62.5 Å². The lowest BCUT2D eigenvalue weighted by Gasteiger charge is -2.22. The summed E-state index contributed by atoms with van der Waals surface area (Å²) in [7, 11) is 0. The second-order valence-corrected chi connectivity index (χ2v) is 10.6. The first kappa shape index (κ1) is 23.8. The van der Waals surface area contributed by atoms with Crippen LogP contribution in [0.4, 0.5) is 0 Å². The fourth-order valence-electron chi connectivity index (χ4n) is 4.97. The van der Waals surface area contributed by atoms with Gasteiger partial charge in [-0.05, 0) is 49.8 Å². The van der Waals surface area contributed by atoms with Gasteiger partial charge in [0.2, 0.25) is 11.1 Å². The number of amides is 1. The van der Waals surface area contributed by atoms with E-state index in [0.717, 1.165) is 60.0 Å². The highest BCUT2D eigenvalue weighted by Crippen LogP contribution is 2.28. The Labute approximate surface area is 210 Å². The molecule has 0 saturated heterocycles. The number of carbonyl (C=O) groups is 1. The summed E-state index contributed by atoms with van der Waals surface area (Å²) in [4.78, 5) is 17.2. The van der Waals surface area contributed by atoms with E-state index >= 15 is 0 Å². The quantitative estimate of drug-likeness (QED) is 0.230. The van der Waals surface area contributed by atoms with Crippen LogP contribution in [-0.4, -0.2) is 37.5 Å². The summed E-state index contributed by atoms with van der Waals surface area (Å²) < 4.78 is 2.25. The molecule has 0 radical (unpaired) electrons. The normalized spacial score (nSPS) is 14.5. The third kappa shape index (κ3) is 5.67. The van der Waals surface area contributed by atoms with E-state index in [2.05, 4.69) is 69.5 Å². The maximum atomic E-state index is 12.2. The molecule has 1 fully saturated rings. The van der Waals surface area contributed by atoms with Gasteiger partial charge < -0.3 is 9.88 Å². The van der Waals surface area contributed by atoms with Crippen LogP contribution < -0.4 is 5.32 Å². The van der Waals surface area contributed by atoms with Crippen molar-refractivity contribution in [3.05, 3.63) is 59.7 Å². The Morgan fingerprint density at radius 1 is 1.03 bits per heavy atom. The van der Waals surface area contributed by atoms with Gasteiger partial charge in [0.25, 0.3) is 0 Å². The van der Waals surface area contributed by atoms with Gasteiger partial charge in [0.1, 0.15) is 5.52 Å². The molecule has 1 saturated carbocycles. The van der Waals surface area contributed by atoms with E-state index in [4.69, 9.17) is 4.98 Å². The number of para-hydroxylation sites is 1. The summed E-state index contributed by atoms with van der Waals surface area (Å²) in [5.74, 6) is 1.07. The smallest absolute Gasteiger partial charge is 0.220 e. The number of rotatable bonds is 9. The van der Waals surface area contributed by atoms with Gasteiger partial charge in [-0.1, -0.05) is 73.5 Å². The van der Waals surface area contributed by atoms with Crippen molar-refractivity contribution in [3.63, 3.8) is 0 Å². The van der Waals surface area contributed by atoms with Gasteiger partial charge in [0, 0.05) is 30.1 Å². The monoisotopic (exact) mass is 487 g/mol. The summed E-state index contributed by atoms with van der Waals surface area (Å²) in [5, 5.41) is 14.0. The second kappa shape index (κ2) is 11.2. The molecule has 2 aromatic heterocycles. The summed E-state index contributed by atoms with van der Waals surface area (Å²) in [5.41, 5.74) is 5.38. The number of benzene rings is 2. The summed E-state index contributed by atoms with van der Waals surface area (Å²) in [6.45, 7) is 2.89. The van der Waals surface area contributed by atoms with E-state index < -0.39 is 0 Å². The average molecular weight is 488 g/mol. The van der Waals surface area contributed by atoms with Gasteiger partial charge in [-0.25, -0.2) is 4.98 Å². The molecule has 2 aromatic carbocycles. The number of aromatic nitrogens is 4. The fraction of sp³-hybridized carbons (Fsp3) is 0.429. The van der Waals surface area contributed by atoms with E-state index in [9.17, 15) is 4.79 Å². The van der Waals surface area contributed by atoms with Gasteiger partial charge in [-0.3, -0.25) is 4.79 Å². The first-order valence-corrected chi connectivity index (χ1v) is 13.8. The Morgan fingerprint density at radius 3 is 2.69 bits per heavy atom. The van der Waals surface area contributed by atoms with Crippen molar-refractivity contribution >= 4 is 39.7 Å². The molecular weight excluding hydrogens is 454 g/mol. The van der Waals surface area contributed by atoms with Crippen LogP contribution in [-0.2, 0) is 11.3 Å². The zero-order chi connectivity index (χ0) is 24.0. The first-order chi connectivity index (χ1) is 17.2. The molecule has 0 aliphatic heterocycles. The Kier molecular flexibility index (Phi) is 7.62. The van der Waals surface area contributed by atoms with Crippen molar-refractivity contribution in [2.45, 2.75) is 76.0 Å². The molecular formula is C28H33N5OS. The lowest BCUT2D eigenvalue weighted by molar-refractivity contribution is -0.122. The molecule has 1 aliphatic rings. The Bertz CT molecular complexity index is 1310. The molecule has 182 valence electrons. The number of nitrogens with zero attached hydrogens (tertiary/aromatic N) is 4. The van der Waals surface area contributed by atoms with Crippen molar-refractivity contribution < 1.29 is 4.79 Å². The number of hydrogen-bond acceptors (Lipinski definition) is 5. The number of unbranched alkanes of at least 4 members (excludes halogenated alkanes) is 1. The molecule has 1 N–H and O–H groups in total. The Morgan fingerprint density at radius 2 is 1.83 bits per heavy atom. The van der Waals surface area contributed by atoms with Crippen molar-refractivity contribution in [2.24, 2.45) is 0 Å². The van der Waals surface area contributed by atoms with Crippen molar-refractivity contribution in [1.29, 1.82) is 0 Å². The highest BCUT2D eigenvalue weighted by Gasteiger charge is 2.17. The van der Waals surface area contributed by atoms with Gasteiger partial charge >= 0.3 is 0 Å². The molecule has 5 rings (SSSR count). The maximum absolute atomic E-state index is 12.2. The molecule has 4 aromatic rings. The van der Waals surface area contributed by atoms with Crippen LogP contribution in [0.3, 0.4) is 0 Å². The van der Waals surface area contributed by atoms with Crippen molar-refractivity contribution in [2.75, 3.05) is 5.75 Å². The Hall–Kier alpha value is -2.93. The second-order valence-electron chi connectivity index (χ2n) is 9.50. The zero-order valence-electron chi connectivity index (χ0n) is 20.4. The standard InChI is InChI=1S/C28H33N5OS/c1-20-11-5-6-12-21(20)19-33-24-16-8-7-15-23(24)26-27(33)30-28(32-31-26)35-18-10-9-17-25(34)29-22-13-3-2-4-14-22/h5-8,11-12,15-16,22H,2-4,9-10,13-14,17-19H2,1H3,(H,29,34). The molecule has 0 atom stereocenters. The first-order valence-electron chi connectivity index (χ1n) is 12.8. The van der Waals surface area contributed by atoms with E-state index in [-0.39, 0.29) is 5.91 Å². The van der Waals surface area contributed by atoms with E-state index in [1.807, 2.05) is 6.07 Å². The minimum atomic E-state index is 0.196. The third-order valence-electron chi connectivity index (χ3n) is 6.94. The lowest BCUT2D eigenvalue weighted by atomic mass is 9.95. The fourth-order valence-corrected chi connectivity index (χ4v) is 5.75. The van der Waals surface area contributed by atoms with Gasteiger partial charge in [0.15, 0.2) is 5.65 Å². The predicted octanol–water partition coefficient (Wildman–Crippen LogP) is 6.05.